The van der Waals surface area contributed by atoms with Crippen LogP contribution < -0.4 is 4.72 Å². The Morgan fingerprint density at radius 1 is 1.45 bits per heavy atom. The van der Waals surface area contributed by atoms with Gasteiger partial charge >= 0.3 is 5.97 Å². The molecule has 0 aromatic heterocycles. The Balaban J connectivity index is 3.03. The zero-order chi connectivity index (χ0) is 15.5. The van der Waals surface area contributed by atoms with E-state index in [1.807, 2.05) is 0 Å². The highest BCUT2D eigenvalue weighted by Crippen LogP contribution is 2.20. The van der Waals surface area contributed by atoms with E-state index >= 15 is 0 Å². The fourth-order valence-corrected chi connectivity index (χ4v) is 3.17. The van der Waals surface area contributed by atoms with Crippen molar-refractivity contribution in [2.24, 2.45) is 5.92 Å². The van der Waals surface area contributed by atoms with Crippen LogP contribution in [0.4, 0.5) is 4.39 Å². The lowest BCUT2D eigenvalue weighted by atomic mass is 10.0. The summed E-state index contributed by atoms with van der Waals surface area (Å²) in [5.41, 5.74) is 0. The van der Waals surface area contributed by atoms with E-state index in [2.05, 4.69) is 4.72 Å². The second-order valence-corrected chi connectivity index (χ2v) is 6.77. The molecule has 20 heavy (non-hydrogen) atoms. The van der Waals surface area contributed by atoms with E-state index in [1.54, 1.807) is 13.8 Å². The maximum atomic E-state index is 13.0. The summed E-state index contributed by atoms with van der Waals surface area (Å²) in [7, 11) is -3.95. The van der Waals surface area contributed by atoms with E-state index in [1.165, 1.54) is 0 Å². The largest absolute Gasteiger partial charge is 0.481 e. The molecule has 0 saturated carbocycles. The molecule has 0 radical (unpaired) electrons. The predicted molar refractivity (Wildman–Crippen MR) is 72.6 cm³/mol. The van der Waals surface area contributed by atoms with Crippen LogP contribution in [-0.2, 0) is 14.8 Å². The van der Waals surface area contributed by atoms with E-state index in [9.17, 15) is 17.6 Å². The van der Waals surface area contributed by atoms with Crippen LogP contribution in [0.1, 0.15) is 20.3 Å². The van der Waals surface area contributed by atoms with Gasteiger partial charge in [-0.3, -0.25) is 4.79 Å². The third kappa shape index (κ3) is 4.43. The molecular formula is C12H15ClFNO4S. The van der Waals surface area contributed by atoms with Gasteiger partial charge < -0.3 is 5.11 Å². The molecule has 0 aliphatic rings. The lowest BCUT2D eigenvalue weighted by Gasteiger charge is -2.20. The first-order valence-corrected chi connectivity index (χ1v) is 7.68. The van der Waals surface area contributed by atoms with Gasteiger partial charge in [0.05, 0.1) is 16.3 Å². The smallest absolute Gasteiger partial charge is 0.304 e. The molecule has 1 aromatic rings. The molecule has 0 aliphatic heterocycles. The number of aliphatic carboxylic acids is 1. The van der Waals surface area contributed by atoms with Gasteiger partial charge in [-0.15, -0.1) is 0 Å². The van der Waals surface area contributed by atoms with Crippen molar-refractivity contribution in [2.75, 3.05) is 0 Å². The van der Waals surface area contributed by atoms with E-state index in [0.29, 0.717) is 0 Å². The van der Waals surface area contributed by atoms with Crippen LogP contribution in [0.2, 0.25) is 5.02 Å². The fraction of sp³-hybridized carbons (Fsp3) is 0.417. The van der Waals surface area contributed by atoms with E-state index in [0.717, 1.165) is 18.2 Å². The first-order chi connectivity index (χ1) is 9.13. The first-order valence-electron chi connectivity index (χ1n) is 5.82. The number of carboxylic acids is 1. The Bertz CT molecular complexity index is 603. The fourth-order valence-electron chi connectivity index (χ4n) is 1.51. The van der Waals surface area contributed by atoms with Crippen molar-refractivity contribution in [3.8, 4) is 0 Å². The van der Waals surface area contributed by atoms with E-state index in [4.69, 9.17) is 16.7 Å². The molecular weight excluding hydrogens is 309 g/mol. The van der Waals surface area contributed by atoms with Gasteiger partial charge in [0.2, 0.25) is 10.0 Å². The Morgan fingerprint density at radius 2 is 2.05 bits per heavy atom. The third-order valence-corrected chi connectivity index (χ3v) is 4.48. The number of carboxylic acid groups (broad SMARTS) is 1. The summed E-state index contributed by atoms with van der Waals surface area (Å²) in [5.74, 6) is -2.04. The highest BCUT2D eigenvalue weighted by atomic mass is 35.5. The van der Waals surface area contributed by atoms with Crippen LogP contribution >= 0.6 is 11.6 Å². The molecule has 1 aromatic carbocycles. The zero-order valence-corrected chi connectivity index (χ0v) is 12.5. The predicted octanol–water partition coefficient (Wildman–Crippen LogP) is 2.26. The molecule has 0 bridgehead atoms. The lowest BCUT2D eigenvalue weighted by molar-refractivity contribution is -0.137. The van der Waals surface area contributed by atoms with Crippen molar-refractivity contribution in [3.63, 3.8) is 0 Å². The van der Waals surface area contributed by atoms with Gasteiger partial charge in [-0.2, -0.15) is 0 Å². The number of hydrogen-bond acceptors (Lipinski definition) is 3. The molecule has 8 heteroatoms. The van der Waals surface area contributed by atoms with Crippen molar-refractivity contribution >= 4 is 27.6 Å². The molecule has 112 valence electrons. The molecule has 1 unspecified atom stereocenters. The molecule has 0 amide bonds. The lowest BCUT2D eigenvalue weighted by Crippen LogP contribution is -2.40. The molecule has 0 aliphatic carbocycles. The van der Waals surface area contributed by atoms with Crippen LogP contribution in [0, 0.1) is 11.7 Å². The highest BCUT2D eigenvalue weighted by molar-refractivity contribution is 7.89. The third-order valence-electron chi connectivity index (χ3n) is 2.71. The van der Waals surface area contributed by atoms with Gasteiger partial charge in [0.25, 0.3) is 0 Å². The molecule has 2 N–H and O–H groups in total. The van der Waals surface area contributed by atoms with Gasteiger partial charge in [-0.25, -0.2) is 17.5 Å². The Labute approximate surface area is 121 Å². The van der Waals surface area contributed by atoms with Gasteiger partial charge in [0.15, 0.2) is 0 Å². The van der Waals surface area contributed by atoms with Gasteiger partial charge in [0, 0.05) is 6.04 Å². The van der Waals surface area contributed by atoms with Crippen molar-refractivity contribution in [1.29, 1.82) is 0 Å². The average molecular weight is 324 g/mol. The first kappa shape index (κ1) is 16.9. The average Bonchev–Trinajstić information content (AvgIpc) is 2.30. The van der Waals surface area contributed by atoms with E-state index in [-0.39, 0.29) is 22.3 Å². The highest BCUT2D eigenvalue weighted by Gasteiger charge is 2.25. The van der Waals surface area contributed by atoms with Crippen LogP contribution in [-0.4, -0.2) is 25.5 Å². The number of carbonyl (C=O) groups is 1. The van der Waals surface area contributed by atoms with Crippen LogP contribution in [0.5, 0.6) is 0 Å². The second-order valence-electron chi connectivity index (χ2n) is 4.65. The van der Waals surface area contributed by atoms with Gasteiger partial charge in [-0.05, 0) is 24.1 Å². The number of hydrogen-bond donors (Lipinski definition) is 2. The second kappa shape index (κ2) is 6.51. The Kier molecular flexibility index (Phi) is 5.50. The van der Waals surface area contributed by atoms with Gasteiger partial charge in [-0.1, -0.05) is 25.4 Å². The number of benzene rings is 1. The summed E-state index contributed by atoms with van der Waals surface area (Å²) in [6, 6.07) is 2.23. The molecule has 0 saturated heterocycles. The van der Waals surface area contributed by atoms with E-state index < -0.39 is 27.9 Å². The minimum absolute atomic E-state index is 0.208. The van der Waals surface area contributed by atoms with Crippen molar-refractivity contribution in [2.45, 2.75) is 31.2 Å². The quantitative estimate of drug-likeness (QED) is 0.841. The molecule has 5 nitrogen and oxygen atoms in total. The SMILES string of the molecule is CC(C)C(CC(=O)O)NS(=O)(=O)c1ccc(F)c(Cl)c1. The Morgan fingerprint density at radius 3 is 2.50 bits per heavy atom. The topological polar surface area (TPSA) is 83.5 Å². The van der Waals surface area contributed by atoms with Gasteiger partial charge in [0.1, 0.15) is 5.82 Å². The number of rotatable bonds is 6. The maximum absolute atomic E-state index is 13.0. The van der Waals surface area contributed by atoms with Crippen LogP contribution in [0.15, 0.2) is 23.1 Å². The summed E-state index contributed by atoms with van der Waals surface area (Å²) in [6.07, 6.45) is -0.341. The normalized spacial score (nSPS) is 13.4. The summed E-state index contributed by atoms with van der Waals surface area (Å²) < 4.78 is 39.5. The van der Waals surface area contributed by atoms with Crippen LogP contribution in [0.3, 0.4) is 0 Å². The summed E-state index contributed by atoms with van der Waals surface area (Å²) in [6.45, 7) is 3.40. The Hall–Kier alpha value is -1.18. The zero-order valence-electron chi connectivity index (χ0n) is 10.9. The van der Waals surface area contributed by atoms with Crippen molar-refractivity contribution < 1.29 is 22.7 Å². The molecule has 0 spiro atoms. The minimum atomic E-state index is -3.95. The van der Waals surface area contributed by atoms with Crippen LogP contribution in [0.25, 0.3) is 0 Å². The summed E-state index contributed by atoms with van der Waals surface area (Å²) in [5, 5.41) is 8.46. The molecule has 0 heterocycles. The number of sulfonamides is 1. The van der Waals surface area contributed by atoms with Crippen molar-refractivity contribution in [1.82, 2.24) is 4.72 Å². The monoisotopic (exact) mass is 323 g/mol. The summed E-state index contributed by atoms with van der Waals surface area (Å²) >= 11 is 5.54. The number of nitrogens with one attached hydrogen (secondary N) is 1. The van der Waals surface area contributed by atoms with Crippen molar-refractivity contribution in [3.05, 3.63) is 29.0 Å². The molecule has 0 fully saturated rings. The summed E-state index contributed by atoms with van der Waals surface area (Å²) in [4.78, 5) is 10.5. The maximum Gasteiger partial charge on any atom is 0.304 e. The molecule has 1 atom stereocenters. The minimum Gasteiger partial charge on any atom is -0.481 e. The molecule has 1 rings (SSSR count). The standard InChI is InChI=1S/C12H15ClFNO4S/c1-7(2)11(6-12(16)17)15-20(18,19)8-3-4-10(14)9(13)5-8/h3-5,7,11,15H,6H2,1-2H3,(H,16,17). The number of halogens is 2.